The topological polar surface area (TPSA) is 51.0 Å². The van der Waals surface area contributed by atoms with Crippen molar-refractivity contribution in [3.05, 3.63) is 59.1 Å². The summed E-state index contributed by atoms with van der Waals surface area (Å²) in [7, 11) is 0. The van der Waals surface area contributed by atoms with E-state index in [4.69, 9.17) is 4.52 Å². The Bertz CT molecular complexity index is 804. The summed E-state index contributed by atoms with van der Waals surface area (Å²) < 4.78 is 5.28. The van der Waals surface area contributed by atoms with Gasteiger partial charge < -0.3 is 9.84 Å². The normalized spacial score (nSPS) is 16.9. The summed E-state index contributed by atoms with van der Waals surface area (Å²) in [6, 6.07) is 13.4. The number of thiophene rings is 1. The maximum absolute atomic E-state index is 5.28. The SMILES string of the molecule is Cc1noc(CC2(NC(C)c3ccc(-c4cccs4)cc3)CC2)n1. The van der Waals surface area contributed by atoms with E-state index in [9.17, 15) is 0 Å². The summed E-state index contributed by atoms with van der Waals surface area (Å²) in [4.78, 5) is 5.65. The van der Waals surface area contributed by atoms with Crippen molar-refractivity contribution in [3.8, 4) is 10.4 Å². The molecule has 1 saturated carbocycles. The first-order valence-corrected chi connectivity index (χ1v) is 9.22. The van der Waals surface area contributed by atoms with Gasteiger partial charge in [-0.2, -0.15) is 4.98 Å². The molecule has 124 valence electrons. The van der Waals surface area contributed by atoms with Crippen molar-refractivity contribution >= 4 is 11.3 Å². The Morgan fingerprint density at radius 3 is 2.62 bits per heavy atom. The highest BCUT2D eigenvalue weighted by Crippen LogP contribution is 2.40. The molecule has 0 saturated heterocycles. The van der Waals surface area contributed by atoms with Gasteiger partial charge in [0.2, 0.25) is 5.89 Å². The molecule has 24 heavy (non-hydrogen) atoms. The molecule has 3 aromatic rings. The molecule has 5 heteroatoms. The third-order valence-electron chi connectivity index (χ3n) is 4.65. The highest BCUT2D eigenvalue weighted by atomic mass is 32.1. The minimum atomic E-state index is 0.116. The lowest BCUT2D eigenvalue weighted by molar-refractivity contribution is 0.338. The van der Waals surface area contributed by atoms with E-state index in [1.165, 1.54) is 16.0 Å². The molecule has 1 atom stereocenters. The van der Waals surface area contributed by atoms with Crippen LogP contribution in [0.25, 0.3) is 10.4 Å². The molecule has 2 aromatic heterocycles. The van der Waals surface area contributed by atoms with E-state index in [-0.39, 0.29) is 5.54 Å². The van der Waals surface area contributed by atoms with Crippen LogP contribution in [0.3, 0.4) is 0 Å². The largest absolute Gasteiger partial charge is 0.339 e. The molecule has 4 rings (SSSR count). The van der Waals surface area contributed by atoms with Gasteiger partial charge in [0.25, 0.3) is 0 Å². The Kier molecular flexibility index (Phi) is 3.98. The predicted octanol–water partition coefficient (Wildman–Crippen LogP) is 4.53. The summed E-state index contributed by atoms with van der Waals surface area (Å²) in [6.07, 6.45) is 3.13. The van der Waals surface area contributed by atoms with Crippen molar-refractivity contribution < 1.29 is 4.52 Å². The molecule has 2 heterocycles. The lowest BCUT2D eigenvalue weighted by Crippen LogP contribution is -2.35. The first-order valence-electron chi connectivity index (χ1n) is 8.34. The minimum Gasteiger partial charge on any atom is -0.339 e. The summed E-state index contributed by atoms with van der Waals surface area (Å²) in [5, 5.41) is 9.77. The first kappa shape index (κ1) is 15.5. The van der Waals surface area contributed by atoms with Gasteiger partial charge in [-0.1, -0.05) is 35.5 Å². The van der Waals surface area contributed by atoms with Crippen molar-refractivity contribution in [1.29, 1.82) is 0 Å². The van der Waals surface area contributed by atoms with E-state index < -0.39 is 0 Å². The van der Waals surface area contributed by atoms with Gasteiger partial charge in [0.15, 0.2) is 5.82 Å². The van der Waals surface area contributed by atoms with Crippen LogP contribution < -0.4 is 5.32 Å². The van der Waals surface area contributed by atoms with Crippen LogP contribution in [0.2, 0.25) is 0 Å². The smallest absolute Gasteiger partial charge is 0.228 e. The maximum atomic E-state index is 5.28. The average molecular weight is 339 g/mol. The van der Waals surface area contributed by atoms with Crippen molar-refractivity contribution in [2.75, 3.05) is 0 Å². The summed E-state index contributed by atoms with van der Waals surface area (Å²) >= 11 is 1.77. The lowest BCUT2D eigenvalue weighted by Gasteiger charge is -2.22. The van der Waals surface area contributed by atoms with Crippen molar-refractivity contribution in [3.63, 3.8) is 0 Å². The van der Waals surface area contributed by atoms with Crippen LogP contribution >= 0.6 is 11.3 Å². The van der Waals surface area contributed by atoms with E-state index in [0.717, 1.165) is 25.2 Å². The fourth-order valence-electron chi connectivity index (χ4n) is 3.15. The van der Waals surface area contributed by atoms with Crippen LogP contribution in [-0.4, -0.2) is 15.7 Å². The van der Waals surface area contributed by atoms with Crippen molar-refractivity contribution in [2.45, 2.75) is 44.7 Å². The molecule has 0 bridgehead atoms. The predicted molar refractivity (Wildman–Crippen MR) is 96.0 cm³/mol. The highest BCUT2D eigenvalue weighted by molar-refractivity contribution is 7.13. The second-order valence-electron chi connectivity index (χ2n) is 6.66. The molecule has 0 spiro atoms. The Hall–Kier alpha value is -1.98. The molecule has 1 unspecified atom stereocenters. The second kappa shape index (κ2) is 6.15. The molecule has 1 fully saturated rings. The Morgan fingerprint density at radius 1 is 1.25 bits per heavy atom. The highest BCUT2D eigenvalue weighted by Gasteiger charge is 2.44. The number of nitrogens with one attached hydrogen (secondary N) is 1. The number of benzene rings is 1. The van der Waals surface area contributed by atoms with Gasteiger partial charge in [0.1, 0.15) is 0 Å². The third kappa shape index (κ3) is 3.28. The van der Waals surface area contributed by atoms with Crippen LogP contribution in [0.5, 0.6) is 0 Å². The van der Waals surface area contributed by atoms with Gasteiger partial charge in [0.05, 0.1) is 0 Å². The first-order chi connectivity index (χ1) is 11.6. The zero-order valence-electron chi connectivity index (χ0n) is 14.0. The summed E-state index contributed by atoms with van der Waals surface area (Å²) in [5.74, 6) is 1.44. The molecule has 4 nitrogen and oxygen atoms in total. The number of nitrogens with zero attached hydrogens (tertiary/aromatic N) is 2. The number of aryl methyl sites for hydroxylation is 1. The fraction of sp³-hybridized carbons (Fsp3) is 0.368. The fourth-order valence-corrected chi connectivity index (χ4v) is 3.88. The summed E-state index contributed by atoms with van der Waals surface area (Å²) in [6.45, 7) is 4.08. The monoisotopic (exact) mass is 339 g/mol. The molecular formula is C19H21N3OS. The van der Waals surface area contributed by atoms with E-state index in [0.29, 0.717) is 11.9 Å². The lowest BCUT2D eigenvalue weighted by atomic mass is 10.0. The minimum absolute atomic E-state index is 0.116. The molecule has 1 aliphatic rings. The van der Waals surface area contributed by atoms with E-state index >= 15 is 0 Å². The molecule has 0 aliphatic heterocycles. The van der Waals surface area contributed by atoms with Gasteiger partial charge >= 0.3 is 0 Å². The van der Waals surface area contributed by atoms with Crippen LogP contribution in [0.15, 0.2) is 46.3 Å². The standard InChI is InChI=1S/C19H21N3OS/c1-13(15-5-7-16(8-6-15)17-4-3-11-24-17)21-19(9-10-19)12-18-20-14(2)22-23-18/h3-8,11,13,21H,9-10,12H2,1-2H3. The third-order valence-corrected chi connectivity index (χ3v) is 5.57. The molecular weight excluding hydrogens is 318 g/mol. The number of aromatic nitrogens is 2. The van der Waals surface area contributed by atoms with E-state index in [1.54, 1.807) is 11.3 Å². The van der Waals surface area contributed by atoms with Gasteiger partial charge in [-0.25, -0.2) is 0 Å². The van der Waals surface area contributed by atoms with Crippen molar-refractivity contribution in [2.24, 2.45) is 0 Å². The number of hydrogen-bond donors (Lipinski definition) is 1. The Morgan fingerprint density at radius 2 is 2.04 bits per heavy atom. The van der Waals surface area contributed by atoms with E-state index in [2.05, 4.69) is 64.2 Å². The Labute approximate surface area is 145 Å². The zero-order chi connectivity index (χ0) is 16.6. The molecule has 0 radical (unpaired) electrons. The van der Waals surface area contributed by atoms with Crippen LogP contribution in [-0.2, 0) is 6.42 Å². The van der Waals surface area contributed by atoms with Crippen molar-refractivity contribution in [1.82, 2.24) is 15.5 Å². The Balaban J connectivity index is 1.43. The van der Waals surface area contributed by atoms with Crippen LogP contribution in [0.4, 0.5) is 0 Å². The quantitative estimate of drug-likeness (QED) is 0.717. The molecule has 0 amide bonds. The van der Waals surface area contributed by atoms with Gasteiger partial charge in [0, 0.05) is 22.9 Å². The van der Waals surface area contributed by atoms with Crippen LogP contribution in [0, 0.1) is 6.92 Å². The van der Waals surface area contributed by atoms with Gasteiger partial charge in [-0.3, -0.25) is 0 Å². The summed E-state index contributed by atoms with van der Waals surface area (Å²) in [5.41, 5.74) is 2.71. The molecule has 1 aliphatic carbocycles. The number of hydrogen-bond acceptors (Lipinski definition) is 5. The zero-order valence-corrected chi connectivity index (χ0v) is 14.8. The van der Waals surface area contributed by atoms with Gasteiger partial charge in [-0.05, 0) is 49.3 Å². The molecule has 1 N–H and O–H groups in total. The number of rotatable bonds is 6. The van der Waals surface area contributed by atoms with Gasteiger partial charge in [-0.15, -0.1) is 11.3 Å². The second-order valence-corrected chi connectivity index (χ2v) is 7.61. The average Bonchev–Trinajstić information content (AvgIpc) is 2.99. The maximum Gasteiger partial charge on any atom is 0.228 e. The van der Waals surface area contributed by atoms with Crippen LogP contribution in [0.1, 0.15) is 43.1 Å². The molecule has 1 aromatic carbocycles. The van der Waals surface area contributed by atoms with E-state index in [1.807, 2.05) is 6.92 Å².